The van der Waals surface area contributed by atoms with Crippen molar-refractivity contribution in [3.63, 3.8) is 0 Å². The standard InChI is InChI=1S/C9H17N3O/c1-7-9(10)13-11-12(7)8-5-3-2-4-6-8/h8,11H,2-6,10H2,1H3. The zero-order chi connectivity index (χ0) is 9.26. The quantitative estimate of drug-likeness (QED) is 0.641. The molecule has 2 rings (SSSR count). The molecule has 0 atom stereocenters. The second-order valence-corrected chi connectivity index (χ2v) is 3.80. The number of nitrogens with two attached hydrogens (primary N) is 1. The highest BCUT2D eigenvalue weighted by atomic mass is 16.7. The maximum absolute atomic E-state index is 5.63. The Kier molecular flexibility index (Phi) is 2.31. The van der Waals surface area contributed by atoms with E-state index in [0.29, 0.717) is 11.9 Å². The summed E-state index contributed by atoms with van der Waals surface area (Å²) in [5.41, 5.74) is 9.51. The molecule has 1 heterocycles. The average molecular weight is 183 g/mol. The highest BCUT2D eigenvalue weighted by molar-refractivity contribution is 5.05. The van der Waals surface area contributed by atoms with E-state index in [4.69, 9.17) is 10.6 Å². The van der Waals surface area contributed by atoms with Gasteiger partial charge < -0.3 is 10.6 Å². The summed E-state index contributed by atoms with van der Waals surface area (Å²) in [6.07, 6.45) is 6.47. The fourth-order valence-corrected chi connectivity index (χ4v) is 2.05. The minimum atomic E-state index is 0.505. The molecule has 0 bridgehead atoms. The first-order chi connectivity index (χ1) is 6.29. The topological polar surface area (TPSA) is 50.5 Å². The van der Waals surface area contributed by atoms with Crippen LogP contribution in [0.5, 0.6) is 0 Å². The Morgan fingerprint density at radius 1 is 1.38 bits per heavy atom. The van der Waals surface area contributed by atoms with Crippen molar-refractivity contribution in [1.82, 2.24) is 10.6 Å². The van der Waals surface area contributed by atoms with E-state index in [-0.39, 0.29) is 0 Å². The average Bonchev–Trinajstić information content (AvgIpc) is 2.49. The number of rotatable bonds is 1. The molecule has 0 radical (unpaired) electrons. The Morgan fingerprint density at radius 2 is 2.08 bits per heavy atom. The molecule has 74 valence electrons. The van der Waals surface area contributed by atoms with Gasteiger partial charge in [0, 0.05) is 6.04 Å². The zero-order valence-electron chi connectivity index (χ0n) is 8.05. The predicted octanol–water partition coefficient (Wildman–Crippen LogP) is 1.22. The van der Waals surface area contributed by atoms with Gasteiger partial charge in [-0.15, -0.1) is 0 Å². The van der Waals surface area contributed by atoms with Gasteiger partial charge >= 0.3 is 0 Å². The smallest absolute Gasteiger partial charge is 0.232 e. The second kappa shape index (κ2) is 3.46. The van der Waals surface area contributed by atoms with Crippen LogP contribution in [0.3, 0.4) is 0 Å². The molecule has 1 aliphatic carbocycles. The minimum Gasteiger partial charge on any atom is -0.369 e. The molecule has 3 N–H and O–H groups in total. The summed E-state index contributed by atoms with van der Waals surface area (Å²) in [5, 5.41) is 2.06. The van der Waals surface area contributed by atoms with Crippen LogP contribution in [-0.4, -0.2) is 11.1 Å². The first kappa shape index (κ1) is 8.69. The molecule has 0 spiro atoms. The molecule has 0 amide bonds. The third kappa shape index (κ3) is 1.58. The summed E-state index contributed by atoms with van der Waals surface area (Å²) >= 11 is 0. The van der Waals surface area contributed by atoms with Crippen LogP contribution < -0.4 is 11.3 Å². The fraction of sp³-hybridized carbons (Fsp3) is 0.778. The van der Waals surface area contributed by atoms with Gasteiger partial charge in [0.25, 0.3) is 0 Å². The second-order valence-electron chi connectivity index (χ2n) is 3.80. The first-order valence-electron chi connectivity index (χ1n) is 4.97. The number of nitrogens with zero attached hydrogens (tertiary/aromatic N) is 1. The lowest BCUT2D eigenvalue weighted by Crippen LogP contribution is -2.41. The van der Waals surface area contributed by atoms with Crippen LogP contribution in [0.4, 0.5) is 0 Å². The van der Waals surface area contributed by atoms with E-state index in [2.05, 4.69) is 10.6 Å². The maximum atomic E-state index is 5.63. The van der Waals surface area contributed by atoms with Crippen LogP contribution in [0.25, 0.3) is 0 Å². The maximum Gasteiger partial charge on any atom is 0.232 e. The summed E-state index contributed by atoms with van der Waals surface area (Å²) in [4.78, 5) is 5.06. The van der Waals surface area contributed by atoms with Crippen molar-refractivity contribution in [2.24, 2.45) is 5.73 Å². The molecular formula is C9H17N3O. The van der Waals surface area contributed by atoms with Gasteiger partial charge in [0.15, 0.2) is 0 Å². The van der Waals surface area contributed by atoms with Crippen molar-refractivity contribution < 1.29 is 4.84 Å². The van der Waals surface area contributed by atoms with Crippen molar-refractivity contribution in [1.29, 1.82) is 0 Å². The molecule has 0 aromatic carbocycles. The summed E-state index contributed by atoms with van der Waals surface area (Å²) in [5.74, 6) is 0.505. The van der Waals surface area contributed by atoms with Gasteiger partial charge in [0.05, 0.1) is 5.70 Å². The summed E-state index contributed by atoms with van der Waals surface area (Å²) in [7, 11) is 0. The summed E-state index contributed by atoms with van der Waals surface area (Å²) in [6, 6.07) is 0.565. The number of hydrogen-bond acceptors (Lipinski definition) is 4. The van der Waals surface area contributed by atoms with E-state index in [0.717, 1.165) is 5.70 Å². The number of hydrogen-bond donors (Lipinski definition) is 2. The van der Waals surface area contributed by atoms with Crippen LogP contribution in [0.15, 0.2) is 11.6 Å². The van der Waals surface area contributed by atoms with Gasteiger partial charge in [0.2, 0.25) is 5.88 Å². The Bertz CT molecular complexity index is 221. The Labute approximate surface area is 78.6 Å². The molecule has 0 saturated heterocycles. The third-order valence-corrected chi connectivity index (χ3v) is 2.91. The van der Waals surface area contributed by atoms with E-state index < -0.39 is 0 Å². The largest absolute Gasteiger partial charge is 0.369 e. The number of allylic oxidation sites excluding steroid dienone is 1. The van der Waals surface area contributed by atoms with Crippen molar-refractivity contribution in [3.8, 4) is 0 Å². The molecule has 4 nitrogen and oxygen atoms in total. The van der Waals surface area contributed by atoms with Gasteiger partial charge in [-0.1, -0.05) is 24.9 Å². The Morgan fingerprint density at radius 3 is 2.62 bits per heavy atom. The third-order valence-electron chi connectivity index (χ3n) is 2.91. The monoisotopic (exact) mass is 183 g/mol. The molecule has 2 aliphatic rings. The summed E-state index contributed by atoms with van der Waals surface area (Å²) in [6.45, 7) is 1.99. The lowest BCUT2D eigenvalue weighted by Gasteiger charge is -2.31. The van der Waals surface area contributed by atoms with Crippen LogP contribution in [0, 0.1) is 0 Å². The highest BCUT2D eigenvalue weighted by Crippen LogP contribution is 2.26. The molecule has 4 heteroatoms. The normalized spacial score (nSPS) is 25.2. The molecule has 0 unspecified atom stereocenters. The Hall–Kier alpha value is -0.900. The van der Waals surface area contributed by atoms with Crippen molar-refractivity contribution in [3.05, 3.63) is 11.6 Å². The molecular weight excluding hydrogens is 166 g/mol. The summed E-state index contributed by atoms with van der Waals surface area (Å²) < 4.78 is 0. The van der Waals surface area contributed by atoms with Crippen molar-refractivity contribution in [2.45, 2.75) is 45.1 Å². The van der Waals surface area contributed by atoms with E-state index >= 15 is 0 Å². The van der Waals surface area contributed by atoms with Crippen molar-refractivity contribution >= 4 is 0 Å². The van der Waals surface area contributed by atoms with Gasteiger partial charge in [-0.2, -0.15) is 0 Å². The van der Waals surface area contributed by atoms with E-state index in [1.54, 1.807) is 0 Å². The van der Waals surface area contributed by atoms with E-state index in [1.807, 2.05) is 6.92 Å². The Balaban J connectivity index is 2.00. The SMILES string of the molecule is CC1=C(N)ONN1C1CCCCC1. The lowest BCUT2D eigenvalue weighted by atomic mass is 9.95. The molecule has 1 aliphatic heterocycles. The van der Waals surface area contributed by atoms with E-state index in [9.17, 15) is 0 Å². The van der Waals surface area contributed by atoms with Crippen LogP contribution in [0.2, 0.25) is 0 Å². The first-order valence-corrected chi connectivity index (χ1v) is 4.97. The molecule has 0 aromatic rings. The van der Waals surface area contributed by atoms with Crippen LogP contribution >= 0.6 is 0 Å². The van der Waals surface area contributed by atoms with Crippen LogP contribution in [-0.2, 0) is 4.84 Å². The molecule has 0 aromatic heterocycles. The van der Waals surface area contributed by atoms with Crippen LogP contribution in [0.1, 0.15) is 39.0 Å². The molecule has 13 heavy (non-hydrogen) atoms. The predicted molar refractivity (Wildman–Crippen MR) is 49.8 cm³/mol. The number of hydrazine groups is 1. The van der Waals surface area contributed by atoms with Gasteiger partial charge in [-0.05, 0) is 19.8 Å². The fourth-order valence-electron chi connectivity index (χ4n) is 2.05. The highest BCUT2D eigenvalue weighted by Gasteiger charge is 2.27. The van der Waals surface area contributed by atoms with Crippen molar-refractivity contribution in [2.75, 3.05) is 0 Å². The molecule has 1 saturated carbocycles. The lowest BCUT2D eigenvalue weighted by molar-refractivity contribution is -0.0145. The molecule has 1 fully saturated rings. The van der Waals surface area contributed by atoms with Gasteiger partial charge in [-0.25, -0.2) is 0 Å². The van der Waals surface area contributed by atoms with Gasteiger partial charge in [0.1, 0.15) is 0 Å². The van der Waals surface area contributed by atoms with Gasteiger partial charge in [-0.3, -0.25) is 5.01 Å². The van der Waals surface area contributed by atoms with E-state index in [1.165, 1.54) is 32.1 Å². The minimum absolute atomic E-state index is 0.505. The zero-order valence-corrected chi connectivity index (χ0v) is 8.05. The number of nitrogens with one attached hydrogen (secondary N) is 1.